The zero-order chi connectivity index (χ0) is 11.3. The number of ether oxygens (including phenoxy) is 1. The van der Waals surface area contributed by atoms with Crippen LogP contribution in [0.5, 0.6) is 0 Å². The maximum absolute atomic E-state index is 13.4. The van der Waals surface area contributed by atoms with Crippen molar-refractivity contribution in [3.8, 4) is 0 Å². The molecule has 1 aliphatic rings. The summed E-state index contributed by atoms with van der Waals surface area (Å²) in [5.74, 6) is -1.59. The Morgan fingerprint density at radius 2 is 2.06 bits per heavy atom. The fraction of sp³-hybridized carbons (Fsp3) is 0.0909. The van der Waals surface area contributed by atoms with Gasteiger partial charge in [-0.15, -0.1) is 0 Å². The Hall–Kier alpha value is -2.17. The zero-order valence-electron chi connectivity index (χ0n) is 7.95. The molecule has 0 saturated carbocycles. The molecule has 0 radical (unpaired) electrons. The first-order chi connectivity index (χ1) is 7.68. The van der Waals surface area contributed by atoms with Gasteiger partial charge >= 0.3 is 5.97 Å². The van der Waals surface area contributed by atoms with Crippen molar-refractivity contribution in [3.63, 3.8) is 0 Å². The third-order valence-electron chi connectivity index (χ3n) is 2.50. The molecule has 2 heterocycles. The molecule has 1 aromatic heterocycles. The van der Waals surface area contributed by atoms with Gasteiger partial charge in [0.25, 0.3) is 0 Å². The van der Waals surface area contributed by atoms with E-state index in [9.17, 15) is 14.0 Å². The number of carbonyl (C=O) groups is 1. The van der Waals surface area contributed by atoms with Gasteiger partial charge in [-0.25, -0.2) is 9.18 Å². The Labute approximate surface area is 88.2 Å². The summed E-state index contributed by atoms with van der Waals surface area (Å²) < 4.78 is 23.1. The summed E-state index contributed by atoms with van der Waals surface area (Å²) in [5, 5.41) is 0.122. The summed E-state index contributed by atoms with van der Waals surface area (Å²) in [6.07, 6.45) is 0. The van der Waals surface area contributed by atoms with Gasteiger partial charge in [0.05, 0.1) is 10.9 Å². The number of halogens is 1. The van der Waals surface area contributed by atoms with Crippen LogP contribution in [0.2, 0.25) is 0 Å². The van der Waals surface area contributed by atoms with Crippen LogP contribution in [-0.2, 0) is 11.3 Å². The van der Waals surface area contributed by atoms with E-state index in [1.54, 1.807) is 0 Å². The maximum atomic E-state index is 13.4. The van der Waals surface area contributed by atoms with Crippen LogP contribution in [0.3, 0.4) is 0 Å². The third kappa shape index (κ3) is 1.02. The van der Waals surface area contributed by atoms with Crippen LogP contribution < -0.4 is 5.43 Å². The van der Waals surface area contributed by atoms with E-state index in [2.05, 4.69) is 4.74 Å². The fourth-order valence-electron chi connectivity index (χ4n) is 1.72. The highest BCUT2D eigenvalue weighted by Crippen LogP contribution is 2.23. The predicted octanol–water partition coefficient (Wildman–Crippen LogP) is 1.60. The second kappa shape index (κ2) is 2.91. The first-order valence-electron chi connectivity index (χ1n) is 4.60. The SMILES string of the molecule is O=C1OCc2c1oc1c(F)cccc1c2=O. The molecule has 0 N–H and O–H groups in total. The van der Waals surface area contributed by atoms with E-state index >= 15 is 0 Å². The fourth-order valence-corrected chi connectivity index (χ4v) is 1.72. The van der Waals surface area contributed by atoms with Gasteiger partial charge in [0, 0.05) is 0 Å². The molecule has 0 fully saturated rings. The number of carbonyl (C=O) groups excluding carboxylic acids is 1. The van der Waals surface area contributed by atoms with Crippen molar-refractivity contribution < 1.29 is 18.3 Å². The minimum atomic E-state index is -0.725. The highest BCUT2D eigenvalue weighted by atomic mass is 19.1. The first kappa shape index (κ1) is 9.08. The zero-order valence-corrected chi connectivity index (χ0v) is 7.95. The van der Waals surface area contributed by atoms with Crippen LogP contribution in [0, 0.1) is 5.82 Å². The number of para-hydroxylation sites is 1. The monoisotopic (exact) mass is 220 g/mol. The molecule has 0 bridgehead atoms. The van der Waals surface area contributed by atoms with Crippen LogP contribution in [0.25, 0.3) is 11.0 Å². The van der Waals surface area contributed by atoms with Crippen molar-refractivity contribution in [1.82, 2.24) is 0 Å². The van der Waals surface area contributed by atoms with Crippen molar-refractivity contribution in [1.29, 1.82) is 0 Å². The van der Waals surface area contributed by atoms with Crippen molar-refractivity contribution in [2.45, 2.75) is 6.61 Å². The Balaban J connectivity index is 2.54. The smallest absolute Gasteiger partial charge is 0.375 e. The quantitative estimate of drug-likeness (QED) is 0.633. The van der Waals surface area contributed by atoms with Crippen LogP contribution in [0.4, 0.5) is 4.39 Å². The molecule has 5 heteroatoms. The number of benzene rings is 1. The molecular formula is C11H5FO4. The standard InChI is InChI=1S/C11H5FO4/c12-7-3-1-2-5-8(13)6-4-15-11(14)10(6)16-9(5)7/h1-3H,4H2. The van der Waals surface area contributed by atoms with E-state index in [4.69, 9.17) is 4.42 Å². The number of hydrogen-bond donors (Lipinski definition) is 0. The van der Waals surface area contributed by atoms with Gasteiger partial charge in [-0.3, -0.25) is 4.79 Å². The van der Waals surface area contributed by atoms with Gasteiger partial charge in [0.15, 0.2) is 16.8 Å². The lowest BCUT2D eigenvalue weighted by molar-refractivity contribution is 0.0512. The predicted molar refractivity (Wildman–Crippen MR) is 51.6 cm³/mol. The third-order valence-corrected chi connectivity index (χ3v) is 2.50. The Kier molecular flexibility index (Phi) is 1.65. The van der Waals surface area contributed by atoms with E-state index in [0.717, 1.165) is 6.07 Å². The van der Waals surface area contributed by atoms with Crippen LogP contribution in [0.15, 0.2) is 27.4 Å². The van der Waals surface area contributed by atoms with Gasteiger partial charge < -0.3 is 9.15 Å². The normalized spacial score (nSPS) is 13.9. The first-order valence-corrected chi connectivity index (χ1v) is 4.60. The number of hydrogen-bond acceptors (Lipinski definition) is 4. The van der Waals surface area contributed by atoms with Crippen molar-refractivity contribution >= 4 is 16.9 Å². The van der Waals surface area contributed by atoms with Gasteiger partial charge in [0.2, 0.25) is 5.76 Å². The number of rotatable bonds is 0. The summed E-state index contributed by atoms with van der Waals surface area (Å²) >= 11 is 0. The topological polar surface area (TPSA) is 56.5 Å². The Morgan fingerprint density at radius 1 is 1.25 bits per heavy atom. The highest BCUT2D eigenvalue weighted by molar-refractivity contribution is 5.93. The Morgan fingerprint density at radius 3 is 2.88 bits per heavy atom. The number of esters is 1. The van der Waals surface area contributed by atoms with Crippen molar-refractivity contribution in [2.75, 3.05) is 0 Å². The molecule has 1 aliphatic heterocycles. The minimum Gasteiger partial charge on any atom is -0.455 e. The summed E-state index contributed by atoms with van der Waals surface area (Å²) in [5.41, 5.74) is -0.463. The molecule has 0 unspecified atom stereocenters. The molecule has 0 saturated heterocycles. The molecular weight excluding hydrogens is 215 g/mol. The van der Waals surface area contributed by atoms with E-state index in [0.29, 0.717) is 0 Å². The van der Waals surface area contributed by atoms with E-state index in [-0.39, 0.29) is 28.9 Å². The molecule has 2 aromatic rings. The van der Waals surface area contributed by atoms with E-state index < -0.39 is 17.2 Å². The maximum Gasteiger partial charge on any atom is 0.375 e. The summed E-state index contributed by atoms with van der Waals surface area (Å²) in [6, 6.07) is 4.03. The molecule has 3 rings (SSSR count). The van der Waals surface area contributed by atoms with Crippen LogP contribution >= 0.6 is 0 Å². The number of fused-ring (bicyclic) bond motifs is 2. The molecule has 0 spiro atoms. The molecule has 4 nitrogen and oxygen atoms in total. The average molecular weight is 220 g/mol. The van der Waals surface area contributed by atoms with Crippen LogP contribution in [-0.4, -0.2) is 5.97 Å². The van der Waals surface area contributed by atoms with E-state index in [1.807, 2.05) is 0 Å². The lowest BCUT2D eigenvalue weighted by Gasteiger charge is -1.99. The summed E-state index contributed by atoms with van der Waals surface area (Å²) in [6.45, 7) is -0.108. The summed E-state index contributed by atoms with van der Waals surface area (Å²) in [4.78, 5) is 23.1. The highest BCUT2D eigenvalue weighted by Gasteiger charge is 2.29. The minimum absolute atomic E-state index is 0.108. The molecule has 80 valence electrons. The largest absolute Gasteiger partial charge is 0.455 e. The molecule has 0 amide bonds. The lowest BCUT2D eigenvalue weighted by Crippen LogP contribution is -2.09. The Bertz CT molecular complexity index is 671. The lowest BCUT2D eigenvalue weighted by atomic mass is 10.1. The van der Waals surface area contributed by atoms with Gasteiger partial charge in [-0.2, -0.15) is 0 Å². The van der Waals surface area contributed by atoms with Gasteiger partial charge in [0.1, 0.15) is 6.61 Å². The summed E-state index contributed by atoms with van der Waals surface area (Å²) in [7, 11) is 0. The molecule has 16 heavy (non-hydrogen) atoms. The second-order valence-corrected chi connectivity index (χ2v) is 3.43. The second-order valence-electron chi connectivity index (χ2n) is 3.43. The van der Waals surface area contributed by atoms with Crippen LogP contribution in [0.1, 0.15) is 16.1 Å². The van der Waals surface area contributed by atoms with E-state index in [1.165, 1.54) is 12.1 Å². The van der Waals surface area contributed by atoms with Crippen molar-refractivity contribution in [2.24, 2.45) is 0 Å². The average Bonchev–Trinajstić information content (AvgIpc) is 2.63. The van der Waals surface area contributed by atoms with Crippen molar-refractivity contribution in [3.05, 3.63) is 45.6 Å². The van der Waals surface area contributed by atoms with Gasteiger partial charge in [-0.05, 0) is 12.1 Å². The van der Waals surface area contributed by atoms with Gasteiger partial charge in [-0.1, -0.05) is 6.07 Å². The molecule has 1 aromatic carbocycles. The molecule has 0 aliphatic carbocycles. The number of cyclic esters (lactones) is 1. The molecule has 0 atom stereocenters.